The smallest absolute Gasteiger partial charge is 0.257 e. The highest BCUT2D eigenvalue weighted by atomic mass is 16.1. The summed E-state index contributed by atoms with van der Waals surface area (Å²) in [5.74, 6) is -0.273. The van der Waals surface area contributed by atoms with Crippen LogP contribution in [0.2, 0.25) is 0 Å². The van der Waals surface area contributed by atoms with Gasteiger partial charge in [0.2, 0.25) is 5.56 Å². The maximum Gasteiger partial charge on any atom is 0.257 e. The molecule has 1 atom stereocenters. The second kappa shape index (κ2) is 5.49. The monoisotopic (exact) mass is 257 g/mol. The maximum atomic E-state index is 11.9. The lowest BCUT2D eigenvalue weighted by molar-refractivity contribution is 0.102. The molecule has 1 heterocycles. The minimum absolute atomic E-state index is 0.0380. The average Bonchev–Trinajstić information content (AvgIpc) is 2.40. The van der Waals surface area contributed by atoms with E-state index in [1.807, 2.05) is 19.1 Å². The quantitative estimate of drug-likeness (QED) is 0.781. The third-order valence-electron chi connectivity index (χ3n) is 2.74. The standard InChI is InChI=1S/C14H15N3O2/c1-9(15)10-2-5-12(6-3-10)17-14(19)11-4-7-13(18)16-8-11/h2-9H,15H2,1H3,(H,16,18)(H,17,19). The van der Waals surface area contributed by atoms with E-state index in [-0.39, 0.29) is 17.5 Å². The van der Waals surface area contributed by atoms with E-state index in [9.17, 15) is 9.59 Å². The molecule has 0 aliphatic heterocycles. The zero-order valence-electron chi connectivity index (χ0n) is 10.5. The molecule has 1 unspecified atom stereocenters. The van der Waals surface area contributed by atoms with Gasteiger partial charge < -0.3 is 16.0 Å². The van der Waals surface area contributed by atoms with Crippen molar-refractivity contribution in [3.05, 3.63) is 64.1 Å². The van der Waals surface area contributed by atoms with Gasteiger partial charge in [0.25, 0.3) is 5.91 Å². The fourth-order valence-electron chi connectivity index (χ4n) is 1.63. The van der Waals surface area contributed by atoms with Crippen molar-refractivity contribution in [2.24, 2.45) is 5.73 Å². The van der Waals surface area contributed by atoms with Crippen LogP contribution in [0.3, 0.4) is 0 Å². The number of anilines is 1. The first-order chi connectivity index (χ1) is 9.06. The lowest BCUT2D eigenvalue weighted by atomic mass is 10.1. The number of aromatic amines is 1. The fraction of sp³-hybridized carbons (Fsp3) is 0.143. The Hall–Kier alpha value is -2.40. The number of nitrogens with one attached hydrogen (secondary N) is 2. The van der Waals surface area contributed by atoms with Crippen LogP contribution in [0.25, 0.3) is 0 Å². The maximum absolute atomic E-state index is 11.9. The van der Waals surface area contributed by atoms with Crippen molar-refractivity contribution in [3.8, 4) is 0 Å². The van der Waals surface area contributed by atoms with E-state index in [0.717, 1.165) is 5.56 Å². The number of nitrogens with two attached hydrogens (primary N) is 1. The van der Waals surface area contributed by atoms with Gasteiger partial charge >= 0.3 is 0 Å². The van der Waals surface area contributed by atoms with E-state index >= 15 is 0 Å². The van der Waals surface area contributed by atoms with E-state index in [2.05, 4.69) is 10.3 Å². The molecule has 5 nitrogen and oxygen atoms in total. The van der Waals surface area contributed by atoms with Gasteiger partial charge in [-0.3, -0.25) is 9.59 Å². The molecular weight excluding hydrogens is 242 g/mol. The van der Waals surface area contributed by atoms with Crippen molar-refractivity contribution in [3.63, 3.8) is 0 Å². The third kappa shape index (κ3) is 3.29. The molecule has 5 heteroatoms. The molecule has 0 aliphatic carbocycles. The van der Waals surface area contributed by atoms with Crippen molar-refractivity contribution in [2.45, 2.75) is 13.0 Å². The molecule has 0 saturated carbocycles. The van der Waals surface area contributed by atoms with Crippen molar-refractivity contribution < 1.29 is 4.79 Å². The highest BCUT2D eigenvalue weighted by Crippen LogP contribution is 2.14. The number of rotatable bonds is 3. The largest absolute Gasteiger partial charge is 0.328 e. The van der Waals surface area contributed by atoms with Gasteiger partial charge in [-0.2, -0.15) is 0 Å². The Kier molecular flexibility index (Phi) is 3.77. The zero-order valence-corrected chi connectivity index (χ0v) is 10.5. The molecule has 2 aromatic rings. The summed E-state index contributed by atoms with van der Waals surface area (Å²) >= 11 is 0. The van der Waals surface area contributed by atoms with Crippen LogP contribution in [0.5, 0.6) is 0 Å². The Bertz CT molecular complexity index is 609. The van der Waals surface area contributed by atoms with E-state index in [1.165, 1.54) is 18.3 Å². The van der Waals surface area contributed by atoms with Gasteiger partial charge in [0, 0.05) is 24.0 Å². The molecule has 2 rings (SSSR count). The second-order valence-electron chi connectivity index (χ2n) is 4.31. The highest BCUT2D eigenvalue weighted by Gasteiger charge is 2.06. The summed E-state index contributed by atoms with van der Waals surface area (Å²) in [5.41, 5.74) is 7.59. The molecule has 1 aromatic heterocycles. The van der Waals surface area contributed by atoms with Crippen LogP contribution in [0, 0.1) is 0 Å². The van der Waals surface area contributed by atoms with Gasteiger partial charge in [0.1, 0.15) is 0 Å². The normalized spacial score (nSPS) is 11.9. The molecule has 4 N–H and O–H groups in total. The van der Waals surface area contributed by atoms with Crippen LogP contribution in [-0.2, 0) is 0 Å². The fourth-order valence-corrected chi connectivity index (χ4v) is 1.63. The first-order valence-corrected chi connectivity index (χ1v) is 5.92. The SMILES string of the molecule is CC(N)c1ccc(NC(=O)c2ccc(=O)[nH]c2)cc1. The molecule has 19 heavy (non-hydrogen) atoms. The van der Waals surface area contributed by atoms with Crippen LogP contribution in [0.15, 0.2) is 47.4 Å². The minimum Gasteiger partial charge on any atom is -0.328 e. The van der Waals surface area contributed by atoms with Crippen LogP contribution in [-0.4, -0.2) is 10.9 Å². The first kappa shape index (κ1) is 13.0. The molecule has 0 saturated heterocycles. The summed E-state index contributed by atoms with van der Waals surface area (Å²) in [7, 11) is 0. The lowest BCUT2D eigenvalue weighted by Gasteiger charge is -2.08. The summed E-state index contributed by atoms with van der Waals surface area (Å²) in [6, 6.07) is 10.1. The molecule has 1 amide bonds. The summed E-state index contributed by atoms with van der Waals surface area (Å²) in [5, 5.41) is 2.74. The molecule has 0 fully saturated rings. The number of carbonyl (C=O) groups excluding carboxylic acids is 1. The molecule has 0 spiro atoms. The van der Waals surface area contributed by atoms with E-state index in [4.69, 9.17) is 5.73 Å². The van der Waals surface area contributed by atoms with Crippen molar-refractivity contribution in [1.29, 1.82) is 0 Å². The Balaban J connectivity index is 2.10. The molecule has 1 aromatic carbocycles. The van der Waals surface area contributed by atoms with E-state index in [0.29, 0.717) is 11.3 Å². The van der Waals surface area contributed by atoms with Gasteiger partial charge in [0.05, 0.1) is 5.56 Å². The lowest BCUT2D eigenvalue weighted by Crippen LogP contribution is -2.14. The van der Waals surface area contributed by atoms with Gasteiger partial charge in [0.15, 0.2) is 0 Å². The predicted molar refractivity (Wildman–Crippen MR) is 74.1 cm³/mol. The second-order valence-corrected chi connectivity index (χ2v) is 4.31. The van der Waals surface area contributed by atoms with Gasteiger partial charge in [-0.05, 0) is 30.7 Å². The van der Waals surface area contributed by atoms with Crippen LogP contribution >= 0.6 is 0 Å². The van der Waals surface area contributed by atoms with Crippen molar-refractivity contribution in [1.82, 2.24) is 4.98 Å². The van der Waals surface area contributed by atoms with E-state index < -0.39 is 0 Å². The summed E-state index contributed by atoms with van der Waals surface area (Å²) in [4.78, 5) is 25.2. The highest BCUT2D eigenvalue weighted by molar-refractivity contribution is 6.03. The zero-order chi connectivity index (χ0) is 13.8. The van der Waals surface area contributed by atoms with E-state index in [1.54, 1.807) is 12.1 Å². The number of carbonyl (C=O) groups is 1. The Morgan fingerprint density at radius 1 is 1.21 bits per heavy atom. The molecular formula is C14H15N3O2. The summed E-state index contributed by atoms with van der Waals surface area (Å²) in [6.07, 6.45) is 1.38. The van der Waals surface area contributed by atoms with Crippen LogP contribution in [0.4, 0.5) is 5.69 Å². The first-order valence-electron chi connectivity index (χ1n) is 5.92. The molecule has 0 bridgehead atoms. The summed E-state index contributed by atoms with van der Waals surface area (Å²) < 4.78 is 0. The third-order valence-corrected chi connectivity index (χ3v) is 2.74. The molecule has 0 radical (unpaired) electrons. The Labute approximate surface area is 110 Å². The molecule has 0 aliphatic rings. The summed E-state index contributed by atoms with van der Waals surface area (Å²) in [6.45, 7) is 1.90. The van der Waals surface area contributed by atoms with Crippen LogP contribution < -0.4 is 16.6 Å². The topological polar surface area (TPSA) is 88.0 Å². The number of hydrogen-bond donors (Lipinski definition) is 3. The van der Waals surface area contributed by atoms with Crippen LogP contribution in [0.1, 0.15) is 28.9 Å². The number of H-pyrrole nitrogens is 1. The number of amides is 1. The number of pyridine rings is 1. The van der Waals surface area contributed by atoms with Crippen molar-refractivity contribution >= 4 is 11.6 Å². The van der Waals surface area contributed by atoms with Gasteiger partial charge in [-0.25, -0.2) is 0 Å². The van der Waals surface area contributed by atoms with Gasteiger partial charge in [-0.15, -0.1) is 0 Å². The average molecular weight is 257 g/mol. The minimum atomic E-state index is -0.273. The number of hydrogen-bond acceptors (Lipinski definition) is 3. The van der Waals surface area contributed by atoms with Gasteiger partial charge in [-0.1, -0.05) is 12.1 Å². The Morgan fingerprint density at radius 2 is 1.89 bits per heavy atom. The van der Waals surface area contributed by atoms with Crippen molar-refractivity contribution in [2.75, 3.05) is 5.32 Å². The number of aromatic nitrogens is 1. The molecule has 98 valence electrons. The number of benzene rings is 1. The predicted octanol–water partition coefficient (Wildman–Crippen LogP) is 1.65. The Morgan fingerprint density at radius 3 is 2.42 bits per heavy atom.